The van der Waals surface area contributed by atoms with E-state index in [0.29, 0.717) is 6.04 Å². The Kier molecular flexibility index (Phi) is 4.28. The lowest BCUT2D eigenvalue weighted by Crippen LogP contribution is -2.42. The maximum absolute atomic E-state index is 4.51. The van der Waals surface area contributed by atoms with Gasteiger partial charge >= 0.3 is 0 Å². The molecule has 1 saturated heterocycles. The van der Waals surface area contributed by atoms with Crippen LogP contribution in [-0.4, -0.2) is 36.1 Å². The highest BCUT2D eigenvalue weighted by Crippen LogP contribution is 2.17. The van der Waals surface area contributed by atoms with Crippen LogP contribution in [0, 0.1) is 0 Å². The van der Waals surface area contributed by atoms with Crippen LogP contribution in [0.15, 0.2) is 36.5 Å². The summed E-state index contributed by atoms with van der Waals surface area (Å²) >= 11 is 0. The molecule has 2 heterocycles. The third-order valence-corrected chi connectivity index (χ3v) is 4.33. The molecule has 0 radical (unpaired) electrons. The second kappa shape index (κ2) is 6.33. The quantitative estimate of drug-likeness (QED) is 0.925. The zero-order chi connectivity index (χ0) is 13.8. The summed E-state index contributed by atoms with van der Waals surface area (Å²) in [6, 6.07) is 11.2. The highest BCUT2D eigenvalue weighted by Gasteiger charge is 2.18. The number of nitrogens with zero attached hydrogens (tertiary/aromatic N) is 2. The van der Waals surface area contributed by atoms with E-state index in [1.165, 1.54) is 36.8 Å². The van der Waals surface area contributed by atoms with Crippen LogP contribution in [0.5, 0.6) is 0 Å². The van der Waals surface area contributed by atoms with Crippen molar-refractivity contribution in [2.75, 3.05) is 20.1 Å². The fourth-order valence-electron chi connectivity index (χ4n) is 3.09. The molecule has 3 heteroatoms. The fourth-order valence-corrected chi connectivity index (χ4v) is 3.09. The van der Waals surface area contributed by atoms with Crippen LogP contribution in [0.1, 0.15) is 24.8 Å². The Morgan fingerprint density at radius 2 is 2.15 bits per heavy atom. The molecule has 1 aromatic heterocycles. The van der Waals surface area contributed by atoms with Gasteiger partial charge in [-0.3, -0.25) is 4.98 Å². The van der Waals surface area contributed by atoms with Gasteiger partial charge in [0.2, 0.25) is 0 Å². The molecule has 0 bridgehead atoms. The standard InChI is InChI=1S/C17H23N3/c1-20-11-3-2-9-16(20)13-18-12-15-7-4-6-14-8-5-10-19-17(14)15/h4-8,10,16,18H,2-3,9,11-13H2,1H3. The van der Waals surface area contributed by atoms with Crippen molar-refractivity contribution in [1.29, 1.82) is 0 Å². The maximum Gasteiger partial charge on any atom is 0.0746 e. The lowest BCUT2D eigenvalue weighted by molar-refractivity contribution is 0.181. The lowest BCUT2D eigenvalue weighted by Gasteiger charge is -2.32. The number of rotatable bonds is 4. The summed E-state index contributed by atoms with van der Waals surface area (Å²) in [6.45, 7) is 3.21. The number of para-hydroxylation sites is 1. The summed E-state index contributed by atoms with van der Waals surface area (Å²) in [5.41, 5.74) is 2.42. The van der Waals surface area contributed by atoms with Gasteiger partial charge in [-0.25, -0.2) is 0 Å². The number of pyridine rings is 1. The zero-order valence-electron chi connectivity index (χ0n) is 12.2. The highest BCUT2D eigenvalue weighted by molar-refractivity contribution is 5.81. The Morgan fingerprint density at radius 1 is 1.25 bits per heavy atom. The monoisotopic (exact) mass is 269 g/mol. The number of aromatic nitrogens is 1. The molecule has 1 N–H and O–H groups in total. The Bertz CT molecular complexity index is 562. The minimum atomic E-state index is 0.687. The molecule has 106 valence electrons. The van der Waals surface area contributed by atoms with Crippen molar-refractivity contribution in [2.45, 2.75) is 31.8 Å². The number of hydrogen-bond donors (Lipinski definition) is 1. The molecule has 1 aromatic carbocycles. The number of piperidine rings is 1. The van der Waals surface area contributed by atoms with E-state index in [-0.39, 0.29) is 0 Å². The van der Waals surface area contributed by atoms with Gasteiger partial charge in [0, 0.05) is 30.7 Å². The minimum Gasteiger partial charge on any atom is -0.311 e. The van der Waals surface area contributed by atoms with Crippen LogP contribution in [0.2, 0.25) is 0 Å². The van der Waals surface area contributed by atoms with Crippen molar-refractivity contribution in [1.82, 2.24) is 15.2 Å². The normalized spacial score (nSPS) is 20.4. The summed E-state index contributed by atoms with van der Waals surface area (Å²) in [5, 5.41) is 4.84. The molecule has 2 aromatic rings. The van der Waals surface area contributed by atoms with Crippen LogP contribution in [0.3, 0.4) is 0 Å². The molecule has 0 spiro atoms. The van der Waals surface area contributed by atoms with Gasteiger partial charge in [0.05, 0.1) is 5.52 Å². The molecule has 0 saturated carbocycles. The largest absolute Gasteiger partial charge is 0.311 e. The van der Waals surface area contributed by atoms with Crippen molar-refractivity contribution < 1.29 is 0 Å². The smallest absolute Gasteiger partial charge is 0.0746 e. The average molecular weight is 269 g/mol. The predicted octanol–water partition coefficient (Wildman–Crippen LogP) is 2.81. The molecule has 1 unspecified atom stereocenters. The topological polar surface area (TPSA) is 28.2 Å². The number of likely N-dealkylation sites (tertiary alicyclic amines) is 1. The molecule has 1 aliphatic rings. The summed E-state index contributed by atoms with van der Waals surface area (Å²) in [7, 11) is 2.24. The van der Waals surface area contributed by atoms with E-state index in [1.807, 2.05) is 12.3 Å². The summed E-state index contributed by atoms with van der Waals surface area (Å²) < 4.78 is 0. The maximum atomic E-state index is 4.51. The van der Waals surface area contributed by atoms with Crippen LogP contribution < -0.4 is 5.32 Å². The van der Waals surface area contributed by atoms with Crippen molar-refractivity contribution >= 4 is 10.9 Å². The van der Waals surface area contributed by atoms with Gasteiger partial charge in [0.1, 0.15) is 0 Å². The van der Waals surface area contributed by atoms with Crippen molar-refractivity contribution in [3.05, 3.63) is 42.1 Å². The average Bonchev–Trinajstić information content (AvgIpc) is 2.49. The SMILES string of the molecule is CN1CCCCC1CNCc1cccc2cccnc12. The van der Waals surface area contributed by atoms with Crippen molar-refractivity contribution in [3.8, 4) is 0 Å². The first kappa shape index (κ1) is 13.5. The molecule has 0 amide bonds. The number of benzene rings is 1. The van der Waals surface area contributed by atoms with Gasteiger partial charge in [-0.1, -0.05) is 30.7 Å². The highest BCUT2D eigenvalue weighted by atomic mass is 15.2. The van der Waals surface area contributed by atoms with Crippen LogP contribution >= 0.6 is 0 Å². The van der Waals surface area contributed by atoms with Gasteiger partial charge in [-0.05, 0) is 38.1 Å². The van der Waals surface area contributed by atoms with E-state index in [4.69, 9.17) is 0 Å². The Labute approximate surface area is 121 Å². The van der Waals surface area contributed by atoms with Crippen molar-refractivity contribution in [3.63, 3.8) is 0 Å². The molecule has 1 fully saturated rings. The first-order valence-corrected chi connectivity index (χ1v) is 7.58. The van der Waals surface area contributed by atoms with E-state index in [1.54, 1.807) is 0 Å². The fraction of sp³-hybridized carbons (Fsp3) is 0.471. The third kappa shape index (κ3) is 3.00. The number of fused-ring (bicyclic) bond motifs is 1. The first-order valence-electron chi connectivity index (χ1n) is 7.58. The van der Waals surface area contributed by atoms with E-state index < -0.39 is 0 Å². The van der Waals surface area contributed by atoms with E-state index in [0.717, 1.165) is 18.6 Å². The molecule has 1 aliphatic heterocycles. The van der Waals surface area contributed by atoms with E-state index in [9.17, 15) is 0 Å². The molecule has 3 nitrogen and oxygen atoms in total. The number of likely N-dealkylation sites (N-methyl/N-ethyl adjacent to an activating group) is 1. The van der Waals surface area contributed by atoms with Gasteiger partial charge in [0.25, 0.3) is 0 Å². The predicted molar refractivity (Wildman–Crippen MR) is 83.7 cm³/mol. The van der Waals surface area contributed by atoms with Crippen LogP contribution in [0.25, 0.3) is 10.9 Å². The van der Waals surface area contributed by atoms with Crippen LogP contribution in [0.4, 0.5) is 0 Å². The molecule has 0 aliphatic carbocycles. The Balaban J connectivity index is 1.62. The zero-order valence-corrected chi connectivity index (χ0v) is 12.2. The molecular weight excluding hydrogens is 246 g/mol. The Hall–Kier alpha value is -1.45. The molecule has 3 rings (SSSR count). The summed E-state index contributed by atoms with van der Waals surface area (Å²) in [4.78, 5) is 7.00. The second-order valence-electron chi connectivity index (χ2n) is 5.75. The molecule has 1 atom stereocenters. The van der Waals surface area contributed by atoms with E-state index in [2.05, 4.69) is 46.5 Å². The Morgan fingerprint density at radius 3 is 3.05 bits per heavy atom. The lowest BCUT2D eigenvalue weighted by atomic mass is 10.0. The third-order valence-electron chi connectivity index (χ3n) is 4.33. The number of nitrogens with one attached hydrogen (secondary N) is 1. The van der Waals surface area contributed by atoms with Gasteiger partial charge in [-0.15, -0.1) is 0 Å². The van der Waals surface area contributed by atoms with Crippen LogP contribution in [-0.2, 0) is 6.54 Å². The molecule has 20 heavy (non-hydrogen) atoms. The minimum absolute atomic E-state index is 0.687. The summed E-state index contributed by atoms with van der Waals surface area (Å²) in [6.07, 6.45) is 5.91. The van der Waals surface area contributed by atoms with Gasteiger partial charge < -0.3 is 10.2 Å². The summed E-state index contributed by atoms with van der Waals surface area (Å²) in [5.74, 6) is 0. The molecular formula is C17H23N3. The number of hydrogen-bond acceptors (Lipinski definition) is 3. The van der Waals surface area contributed by atoms with Gasteiger partial charge in [0.15, 0.2) is 0 Å². The first-order chi connectivity index (χ1) is 9.84. The van der Waals surface area contributed by atoms with Gasteiger partial charge in [-0.2, -0.15) is 0 Å². The second-order valence-corrected chi connectivity index (χ2v) is 5.75. The van der Waals surface area contributed by atoms with Crippen molar-refractivity contribution in [2.24, 2.45) is 0 Å². The van der Waals surface area contributed by atoms with E-state index >= 15 is 0 Å².